The third kappa shape index (κ3) is 3.86. The first-order chi connectivity index (χ1) is 14.6. The molecule has 1 aliphatic carbocycles. The Morgan fingerprint density at radius 3 is 1.90 bits per heavy atom. The number of benzene rings is 3. The van der Waals surface area contributed by atoms with E-state index in [1.807, 2.05) is 66.7 Å². The lowest BCUT2D eigenvalue weighted by atomic mass is 9.85. The molecule has 0 spiro atoms. The minimum atomic E-state index is -0.713. The van der Waals surface area contributed by atoms with Crippen LogP contribution >= 0.6 is 0 Å². The number of carbonyl (C=O) groups excluding carboxylic acids is 2. The summed E-state index contributed by atoms with van der Waals surface area (Å²) in [4.78, 5) is 25.6. The zero-order valence-electron chi connectivity index (χ0n) is 17.0. The van der Waals surface area contributed by atoms with Gasteiger partial charge in [0.15, 0.2) is 0 Å². The Hall–Kier alpha value is -3.40. The van der Waals surface area contributed by atoms with Gasteiger partial charge in [0.25, 0.3) is 0 Å². The Labute approximate surface area is 176 Å². The van der Waals surface area contributed by atoms with Crippen molar-refractivity contribution in [3.05, 3.63) is 108 Å². The highest BCUT2D eigenvalue weighted by Gasteiger charge is 2.60. The van der Waals surface area contributed by atoms with Gasteiger partial charge in [-0.15, -0.1) is 0 Å². The number of hydrogen-bond donors (Lipinski definition) is 1. The maximum atomic E-state index is 13.3. The molecule has 0 radical (unpaired) electrons. The van der Waals surface area contributed by atoms with Crippen molar-refractivity contribution in [2.75, 3.05) is 7.11 Å². The number of nitrogens with one attached hydrogen (secondary N) is 1. The molecule has 1 fully saturated rings. The minimum Gasteiger partial charge on any atom is -0.467 e. The lowest BCUT2D eigenvalue weighted by Gasteiger charge is -2.21. The summed E-state index contributed by atoms with van der Waals surface area (Å²) in [6, 6.07) is 29.2. The van der Waals surface area contributed by atoms with Crippen molar-refractivity contribution < 1.29 is 14.3 Å². The van der Waals surface area contributed by atoms with E-state index in [9.17, 15) is 9.59 Å². The monoisotopic (exact) mass is 399 g/mol. The molecule has 0 bridgehead atoms. The van der Waals surface area contributed by atoms with Crippen molar-refractivity contribution in [3.63, 3.8) is 0 Å². The van der Waals surface area contributed by atoms with Crippen LogP contribution in [0.3, 0.4) is 0 Å². The molecule has 1 saturated carbocycles. The summed E-state index contributed by atoms with van der Waals surface area (Å²) in [5.41, 5.74) is 2.85. The van der Waals surface area contributed by atoms with Crippen LogP contribution in [0.25, 0.3) is 0 Å². The molecule has 30 heavy (non-hydrogen) atoms. The molecule has 152 valence electrons. The van der Waals surface area contributed by atoms with Crippen molar-refractivity contribution >= 4 is 11.9 Å². The van der Waals surface area contributed by atoms with E-state index in [1.165, 1.54) is 7.11 Å². The second kappa shape index (κ2) is 8.54. The molecule has 2 unspecified atom stereocenters. The van der Waals surface area contributed by atoms with Gasteiger partial charge in [0, 0.05) is 11.8 Å². The number of amides is 1. The average Bonchev–Trinajstić information content (AvgIpc) is 3.57. The number of esters is 1. The van der Waals surface area contributed by atoms with E-state index < -0.39 is 12.0 Å². The summed E-state index contributed by atoms with van der Waals surface area (Å²) in [6.07, 6.45) is 1.11. The molecule has 1 N–H and O–H groups in total. The largest absolute Gasteiger partial charge is 0.467 e. The lowest BCUT2D eigenvalue weighted by Crippen LogP contribution is -2.44. The van der Waals surface area contributed by atoms with Crippen LogP contribution in [0, 0.1) is 5.92 Å². The average molecular weight is 399 g/mol. The highest BCUT2D eigenvalue weighted by atomic mass is 16.5. The Morgan fingerprint density at radius 1 is 0.900 bits per heavy atom. The lowest BCUT2D eigenvalue weighted by molar-refractivity contribution is -0.145. The van der Waals surface area contributed by atoms with Gasteiger partial charge in [0.1, 0.15) is 6.04 Å². The Balaban J connectivity index is 1.58. The van der Waals surface area contributed by atoms with Crippen LogP contribution in [0.1, 0.15) is 23.1 Å². The SMILES string of the molecule is COC(=O)C(Cc1ccccc1)NC(=O)C1CC1(c1ccccc1)c1ccccc1. The van der Waals surface area contributed by atoms with Gasteiger partial charge in [-0.25, -0.2) is 4.79 Å². The van der Waals surface area contributed by atoms with E-state index in [0.29, 0.717) is 12.8 Å². The summed E-state index contributed by atoms with van der Waals surface area (Å²) in [5, 5.41) is 2.96. The summed E-state index contributed by atoms with van der Waals surface area (Å²) >= 11 is 0. The fraction of sp³-hybridized carbons (Fsp3) is 0.231. The van der Waals surface area contributed by atoms with E-state index in [1.54, 1.807) is 0 Å². The summed E-state index contributed by atoms with van der Waals surface area (Å²) in [5.74, 6) is -0.780. The molecule has 0 aliphatic heterocycles. The fourth-order valence-electron chi connectivity index (χ4n) is 4.31. The van der Waals surface area contributed by atoms with Crippen molar-refractivity contribution in [2.24, 2.45) is 5.92 Å². The molecule has 4 nitrogen and oxygen atoms in total. The number of methoxy groups -OCH3 is 1. The maximum Gasteiger partial charge on any atom is 0.328 e. The van der Waals surface area contributed by atoms with Crippen molar-refractivity contribution in [2.45, 2.75) is 24.3 Å². The van der Waals surface area contributed by atoms with Gasteiger partial charge < -0.3 is 10.1 Å². The van der Waals surface area contributed by atoms with Gasteiger partial charge in [-0.2, -0.15) is 0 Å². The Bertz CT molecular complexity index is 963. The molecular weight excluding hydrogens is 374 g/mol. The second-order valence-corrected chi connectivity index (χ2v) is 7.73. The molecule has 4 rings (SSSR count). The van der Waals surface area contributed by atoms with Crippen molar-refractivity contribution in [1.82, 2.24) is 5.32 Å². The summed E-state index contributed by atoms with van der Waals surface area (Å²) < 4.78 is 4.95. The van der Waals surface area contributed by atoms with E-state index in [0.717, 1.165) is 16.7 Å². The first kappa shape index (κ1) is 19.9. The minimum absolute atomic E-state index is 0.117. The van der Waals surface area contributed by atoms with Crippen molar-refractivity contribution in [3.8, 4) is 0 Å². The van der Waals surface area contributed by atoms with Gasteiger partial charge >= 0.3 is 5.97 Å². The van der Waals surface area contributed by atoms with Crippen LogP contribution in [0.5, 0.6) is 0 Å². The molecule has 1 amide bonds. The number of hydrogen-bond acceptors (Lipinski definition) is 3. The molecule has 0 aromatic heterocycles. The topological polar surface area (TPSA) is 55.4 Å². The van der Waals surface area contributed by atoms with E-state index >= 15 is 0 Å². The van der Waals surface area contributed by atoms with E-state index in [-0.39, 0.29) is 17.2 Å². The zero-order valence-corrected chi connectivity index (χ0v) is 17.0. The van der Waals surface area contributed by atoms with Crippen LogP contribution in [0.15, 0.2) is 91.0 Å². The molecule has 2 atom stereocenters. The van der Waals surface area contributed by atoms with Gasteiger partial charge in [-0.05, 0) is 23.1 Å². The molecule has 0 saturated heterocycles. The van der Waals surface area contributed by atoms with Crippen LogP contribution in [0.2, 0.25) is 0 Å². The predicted octanol–water partition coefficient (Wildman–Crippen LogP) is 3.89. The highest BCUT2D eigenvalue weighted by molar-refractivity contribution is 5.90. The molecule has 0 heterocycles. The van der Waals surface area contributed by atoms with Gasteiger partial charge in [0.05, 0.1) is 13.0 Å². The standard InChI is InChI=1S/C26H25NO3/c1-30-25(29)23(17-19-11-5-2-6-12-19)27-24(28)22-18-26(22,20-13-7-3-8-14-20)21-15-9-4-10-16-21/h2-16,22-23H,17-18H2,1H3,(H,27,28). The van der Waals surface area contributed by atoms with Crippen LogP contribution in [0.4, 0.5) is 0 Å². The first-order valence-electron chi connectivity index (χ1n) is 10.2. The molecule has 1 aliphatic rings. The quantitative estimate of drug-likeness (QED) is 0.613. The Morgan fingerprint density at radius 2 is 1.40 bits per heavy atom. The zero-order chi connectivity index (χ0) is 21.0. The molecule has 3 aromatic rings. The van der Waals surface area contributed by atoms with Gasteiger partial charge in [-0.1, -0.05) is 91.0 Å². The van der Waals surface area contributed by atoms with E-state index in [4.69, 9.17) is 4.74 Å². The number of ether oxygens (including phenoxy) is 1. The van der Waals surface area contributed by atoms with Crippen LogP contribution in [-0.2, 0) is 26.2 Å². The number of rotatable bonds is 7. The van der Waals surface area contributed by atoms with E-state index in [2.05, 4.69) is 29.6 Å². The summed E-state index contributed by atoms with van der Waals surface area (Å²) in [6.45, 7) is 0. The molecule has 4 heteroatoms. The second-order valence-electron chi connectivity index (χ2n) is 7.73. The third-order valence-electron chi connectivity index (χ3n) is 5.94. The van der Waals surface area contributed by atoms with Crippen LogP contribution in [-0.4, -0.2) is 25.0 Å². The molecular formula is C26H25NO3. The normalized spacial score (nSPS) is 17.6. The van der Waals surface area contributed by atoms with Crippen LogP contribution < -0.4 is 5.32 Å². The molecule has 3 aromatic carbocycles. The Kier molecular flexibility index (Phi) is 5.66. The predicted molar refractivity (Wildman–Crippen MR) is 116 cm³/mol. The van der Waals surface area contributed by atoms with Gasteiger partial charge in [-0.3, -0.25) is 4.79 Å². The first-order valence-corrected chi connectivity index (χ1v) is 10.2. The van der Waals surface area contributed by atoms with Crippen molar-refractivity contribution in [1.29, 1.82) is 0 Å². The number of carbonyl (C=O) groups is 2. The fourth-order valence-corrected chi connectivity index (χ4v) is 4.31. The smallest absolute Gasteiger partial charge is 0.328 e. The maximum absolute atomic E-state index is 13.3. The highest BCUT2D eigenvalue weighted by Crippen LogP contribution is 2.58. The summed E-state index contributed by atoms with van der Waals surface area (Å²) in [7, 11) is 1.35. The third-order valence-corrected chi connectivity index (χ3v) is 5.94. The van der Waals surface area contributed by atoms with Gasteiger partial charge in [0.2, 0.25) is 5.91 Å².